The van der Waals surface area contributed by atoms with Crippen molar-refractivity contribution >= 4 is 29.4 Å². The minimum atomic E-state index is -1.000. The molecule has 3 rings (SSSR count). The van der Waals surface area contributed by atoms with Crippen LogP contribution < -0.4 is 0 Å². The number of hydrogen-bond donors (Lipinski definition) is 1. The molecule has 6 nitrogen and oxygen atoms in total. The van der Waals surface area contributed by atoms with Gasteiger partial charge in [-0.15, -0.1) is 11.3 Å². The summed E-state index contributed by atoms with van der Waals surface area (Å²) < 4.78 is 5.59. The second-order valence-corrected chi connectivity index (χ2v) is 7.16. The molecule has 2 aromatic rings. The Morgan fingerprint density at radius 2 is 2.15 bits per heavy atom. The summed E-state index contributed by atoms with van der Waals surface area (Å²) in [4.78, 5) is 29.3. The molecule has 26 heavy (non-hydrogen) atoms. The lowest BCUT2D eigenvalue weighted by Crippen LogP contribution is -2.31. The Labute approximate surface area is 155 Å². The lowest BCUT2D eigenvalue weighted by Gasteiger charge is -2.23. The number of hydrogen-bond acceptors (Lipinski definition) is 6. The number of carbonyl (C=O) groups is 2. The standard InChI is InChI=1S/C19H20N2O4S/c1-12-18(14-6-4-3-5-7-14)25-19(24)21(12)17(10-15(23)8-9-22)16-11-26-13(2)20-16/h3-7,9-12,15,18,23H,8H2,1-2H3/b17-10+/t12-,15-,18-/m0/s1. The second kappa shape index (κ2) is 7.80. The van der Waals surface area contributed by atoms with E-state index in [0.717, 1.165) is 10.6 Å². The van der Waals surface area contributed by atoms with Crippen LogP contribution in [0, 0.1) is 6.92 Å². The summed E-state index contributed by atoms with van der Waals surface area (Å²) in [5.74, 6) is 0. The second-order valence-electron chi connectivity index (χ2n) is 6.10. The van der Waals surface area contributed by atoms with Gasteiger partial charge in [0.2, 0.25) is 0 Å². The Balaban J connectivity index is 1.98. The molecule has 0 bridgehead atoms. The van der Waals surface area contributed by atoms with Gasteiger partial charge in [0, 0.05) is 11.8 Å². The van der Waals surface area contributed by atoms with Crippen LogP contribution in [-0.2, 0) is 9.53 Å². The SMILES string of the molecule is Cc1nc(/C(=C\[C@@H](O)CC=O)N2C(=O)O[C@H](c3ccccc3)[C@@H]2C)cs1. The molecule has 1 saturated heterocycles. The van der Waals surface area contributed by atoms with Gasteiger partial charge < -0.3 is 14.6 Å². The molecule has 1 aromatic carbocycles. The number of amides is 1. The van der Waals surface area contributed by atoms with Crippen molar-refractivity contribution in [3.63, 3.8) is 0 Å². The molecule has 1 aromatic heterocycles. The fourth-order valence-corrected chi connectivity index (χ4v) is 3.60. The van der Waals surface area contributed by atoms with E-state index in [0.29, 0.717) is 17.7 Å². The maximum absolute atomic E-state index is 12.6. The average Bonchev–Trinajstić information content (AvgIpc) is 3.17. The van der Waals surface area contributed by atoms with Crippen molar-refractivity contribution < 1.29 is 19.4 Å². The maximum atomic E-state index is 12.6. The van der Waals surface area contributed by atoms with E-state index in [-0.39, 0.29) is 12.5 Å². The molecule has 1 fully saturated rings. The number of thiazole rings is 1. The van der Waals surface area contributed by atoms with Gasteiger partial charge in [-0.3, -0.25) is 4.90 Å². The predicted molar refractivity (Wildman–Crippen MR) is 98.5 cm³/mol. The molecule has 1 amide bonds. The molecule has 2 heterocycles. The lowest BCUT2D eigenvalue weighted by atomic mass is 10.0. The van der Waals surface area contributed by atoms with Crippen molar-refractivity contribution in [2.75, 3.05) is 0 Å². The minimum Gasteiger partial charge on any atom is -0.439 e. The normalized spacial score (nSPS) is 21.6. The van der Waals surface area contributed by atoms with Crippen LogP contribution in [0.25, 0.3) is 5.70 Å². The van der Waals surface area contributed by atoms with Crippen molar-refractivity contribution in [1.82, 2.24) is 9.88 Å². The van der Waals surface area contributed by atoms with E-state index < -0.39 is 18.3 Å². The quantitative estimate of drug-likeness (QED) is 0.787. The molecule has 0 saturated carbocycles. The number of aliphatic hydroxyl groups is 1. The number of benzene rings is 1. The molecule has 136 valence electrons. The first-order chi connectivity index (χ1) is 12.5. The van der Waals surface area contributed by atoms with Crippen LogP contribution in [0.5, 0.6) is 0 Å². The molecule has 0 spiro atoms. The predicted octanol–water partition coefficient (Wildman–Crippen LogP) is 3.32. The first-order valence-corrected chi connectivity index (χ1v) is 9.20. The van der Waals surface area contributed by atoms with Gasteiger partial charge in [0.1, 0.15) is 12.4 Å². The zero-order valence-electron chi connectivity index (χ0n) is 14.5. The van der Waals surface area contributed by atoms with E-state index in [1.165, 1.54) is 22.3 Å². The smallest absolute Gasteiger partial charge is 0.415 e. The molecular formula is C19H20N2O4S. The van der Waals surface area contributed by atoms with Crippen LogP contribution in [-0.4, -0.2) is 39.5 Å². The van der Waals surface area contributed by atoms with Crippen molar-refractivity contribution in [2.45, 2.75) is 38.5 Å². The summed E-state index contributed by atoms with van der Waals surface area (Å²) in [6, 6.07) is 9.23. The van der Waals surface area contributed by atoms with Crippen molar-refractivity contribution in [3.8, 4) is 0 Å². The summed E-state index contributed by atoms with van der Waals surface area (Å²) >= 11 is 1.45. The Hall–Kier alpha value is -2.51. The largest absolute Gasteiger partial charge is 0.439 e. The summed E-state index contributed by atoms with van der Waals surface area (Å²) in [7, 11) is 0. The van der Waals surface area contributed by atoms with Crippen LogP contribution >= 0.6 is 11.3 Å². The van der Waals surface area contributed by atoms with E-state index in [2.05, 4.69) is 4.98 Å². The summed E-state index contributed by atoms with van der Waals surface area (Å²) in [5.41, 5.74) is 1.94. The summed E-state index contributed by atoms with van der Waals surface area (Å²) in [6.07, 6.45) is 0.167. The number of cyclic esters (lactones) is 1. The van der Waals surface area contributed by atoms with Crippen LogP contribution in [0.2, 0.25) is 0 Å². The van der Waals surface area contributed by atoms with Gasteiger partial charge in [-0.25, -0.2) is 9.78 Å². The number of aldehydes is 1. The van der Waals surface area contributed by atoms with Crippen molar-refractivity contribution in [2.24, 2.45) is 0 Å². The third kappa shape index (κ3) is 3.68. The first kappa shape index (κ1) is 18.3. The number of ether oxygens (including phenoxy) is 1. The topological polar surface area (TPSA) is 79.7 Å². The van der Waals surface area contributed by atoms with Gasteiger partial charge in [-0.05, 0) is 25.5 Å². The van der Waals surface area contributed by atoms with Gasteiger partial charge in [-0.2, -0.15) is 0 Å². The Kier molecular flexibility index (Phi) is 5.49. The average molecular weight is 372 g/mol. The van der Waals surface area contributed by atoms with E-state index >= 15 is 0 Å². The molecule has 1 N–H and O–H groups in total. The zero-order valence-corrected chi connectivity index (χ0v) is 15.3. The Morgan fingerprint density at radius 3 is 2.77 bits per heavy atom. The van der Waals surface area contributed by atoms with Gasteiger partial charge in [0.25, 0.3) is 0 Å². The van der Waals surface area contributed by atoms with Crippen LogP contribution in [0.4, 0.5) is 4.79 Å². The molecule has 1 aliphatic heterocycles. The van der Waals surface area contributed by atoms with Gasteiger partial charge >= 0.3 is 6.09 Å². The van der Waals surface area contributed by atoms with E-state index in [9.17, 15) is 14.7 Å². The Morgan fingerprint density at radius 1 is 1.42 bits per heavy atom. The van der Waals surface area contributed by atoms with Gasteiger partial charge in [0.05, 0.1) is 28.5 Å². The molecule has 0 radical (unpaired) electrons. The van der Waals surface area contributed by atoms with Gasteiger partial charge in [0.15, 0.2) is 0 Å². The molecule has 1 aliphatic rings. The number of aryl methyl sites for hydroxylation is 1. The van der Waals surface area contributed by atoms with Crippen molar-refractivity contribution in [1.29, 1.82) is 0 Å². The maximum Gasteiger partial charge on any atom is 0.415 e. The van der Waals surface area contributed by atoms with Crippen LogP contribution in [0.1, 0.15) is 35.7 Å². The number of nitrogens with zero attached hydrogens (tertiary/aromatic N) is 2. The highest BCUT2D eigenvalue weighted by molar-refractivity contribution is 7.09. The highest BCUT2D eigenvalue weighted by Gasteiger charge is 2.42. The summed E-state index contributed by atoms with van der Waals surface area (Å²) in [5, 5.41) is 12.8. The summed E-state index contributed by atoms with van der Waals surface area (Å²) in [6.45, 7) is 3.76. The molecule has 7 heteroatoms. The van der Waals surface area contributed by atoms with E-state index in [1.807, 2.05) is 49.6 Å². The molecule has 3 atom stereocenters. The number of aromatic nitrogens is 1. The minimum absolute atomic E-state index is 0.0496. The highest BCUT2D eigenvalue weighted by atomic mass is 32.1. The number of aliphatic hydroxyl groups excluding tert-OH is 1. The third-order valence-electron chi connectivity index (χ3n) is 4.23. The highest BCUT2D eigenvalue weighted by Crippen LogP contribution is 2.37. The number of rotatable bonds is 6. The monoisotopic (exact) mass is 372 g/mol. The fourth-order valence-electron chi connectivity index (χ4n) is 2.99. The lowest BCUT2D eigenvalue weighted by molar-refractivity contribution is -0.109. The van der Waals surface area contributed by atoms with Crippen LogP contribution in [0.3, 0.4) is 0 Å². The fraction of sp³-hybridized carbons (Fsp3) is 0.316. The van der Waals surface area contributed by atoms with Crippen molar-refractivity contribution in [3.05, 3.63) is 58.1 Å². The molecule has 0 unspecified atom stereocenters. The molecular weight excluding hydrogens is 352 g/mol. The zero-order chi connectivity index (χ0) is 18.7. The van der Waals surface area contributed by atoms with E-state index in [4.69, 9.17) is 4.74 Å². The van der Waals surface area contributed by atoms with E-state index in [1.54, 1.807) is 0 Å². The first-order valence-electron chi connectivity index (χ1n) is 8.32. The number of carbonyl (C=O) groups excluding carboxylic acids is 2. The van der Waals surface area contributed by atoms with Gasteiger partial charge in [-0.1, -0.05) is 30.3 Å². The van der Waals surface area contributed by atoms with Crippen LogP contribution in [0.15, 0.2) is 41.8 Å². The molecule has 0 aliphatic carbocycles. The Bertz CT molecular complexity index is 818. The third-order valence-corrected chi connectivity index (χ3v) is 5.00.